The van der Waals surface area contributed by atoms with Gasteiger partial charge in [0.2, 0.25) is 0 Å². The first kappa shape index (κ1) is 14.8. The second-order valence-electron chi connectivity index (χ2n) is 5.36. The Bertz CT molecular complexity index is 476. The van der Waals surface area contributed by atoms with Crippen LogP contribution in [-0.4, -0.2) is 15.2 Å². The number of aryl methyl sites for hydroxylation is 1. The summed E-state index contributed by atoms with van der Waals surface area (Å²) in [6.45, 7) is 2.26. The molecule has 108 valence electrons. The molecule has 0 aliphatic heterocycles. The van der Waals surface area contributed by atoms with Crippen LogP contribution in [0.1, 0.15) is 57.6 Å². The number of nitrogens with one attached hydrogen (secondary N) is 1. The molecule has 0 saturated heterocycles. The van der Waals surface area contributed by atoms with E-state index >= 15 is 0 Å². The highest BCUT2D eigenvalue weighted by atomic mass is 15.1. The molecule has 0 saturated carbocycles. The molecule has 0 aliphatic carbocycles. The summed E-state index contributed by atoms with van der Waals surface area (Å²) in [7, 11) is 0. The number of aromatic nitrogens is 3. The molecular formula is C17H25N3. The first-order valence-corrected chi connectivity index (χ1v) is 7.86. The Kier molecular flexibility index (Phi) is 6.28. The molecule has 2 aromatic heterocycles. The molecule has 0 amide bonds. The number of H-pyrrole nitrogens is 1. The largest absolute Gasteiger partial charge is 0.282 e. The molecule has 0 radical (unpaired) electrons. The molecule has 0 spiro atoms. The average molecular weight is 271 g/mol. The van der Waals surface area contributed by atoms with Crippen LogP contribution < -0.4 is 0 Å². The minimum Gasteiger partial charge on any atom is -0.282 e. The maximum absolute atomic E-state index is 4.34. The topological polar surface area (TPSA) is 41.6 Å². The van der Waals surface area contributed by atoms with Crippen molar-refractivity contribution in [1.82, 2.24) is 15.2 Å². The molecule has 0 fully saturated rings. The number of hydrogen-bond acceptors (Lipinski definition) is 2. The molecule has 0 bridgehead atoms. The molecule has 0 unspecified atom stereocenters. The van der Waals surface area contributed by atoms with E-state index in [0.717, 1.165) is 17.8 Å². The van der Waals surface area contributed by atoms with Gasteiger partial charge in [0.25, 0.3) is 0 Å². The number of pyridine rings is 1. The van der Waals surface area contributed by atoms with Crippen LogP contribution in [0.25, 0.3) is 11.4 Å². The summed E-state index contributed by atoms with van der Waals surface area (Å²) in [4.78, 5) is 4.32. The second kappa shape index (κ2) is 8.51. The van der Waals surface area contributed by atoms with Crippen molar-refractivity contribution in [3.8, 4) is 11.4 Å². The quantitative estimate of drug-likeness (QED) is 0.668. The van der Waals surface area contributed by atoms with Gasteiger partial charge in [0.1, 0.15) is 5.69 Å². The molecular weight excluding hydrogens is 246 g/mol. The first-order chi connectivity index (χ1) is 9.90. The zero-order chi connectivity index (χ0) is 14.0. The zero-order valence-electron chi connectivity index (χ0n) is 12.4. The van der Waals surface area contributed by atoms with E-state index in [0.29, 0.717) is 0 Å². The van der Waals surface area contributed by atoms with Crippen molar-refractivity contribution < 1.29 is 0 Å². The van der Waals surface area contributed by atoms with Crippen molar-refractivity contribution in [2.24, 2.45) is 0 Å². The first-order valence-electron chi connectivity index (χ1n) is 7.86. The lowest BCUT2D eigenvalue weighted by molar-refractivity contribution is 0.587. The fourth-order valence-corrected chi connectivity index (χ4v) is 2.41. The Morgan fingerprint density at radius 3 is 2.50 bits per heavy atom. The summed E-state index contributed by atoms with van der Waals surface area (Å²) in [5, 5.41) is 7.46. The van der Waals surface area contributed by atoms with Gasteiger partial charge in [-0.2, -0.15) is 5.10 Å². The van der Waals surface area contributed by atoms with E-state index in [1.807, 2.05) is 18.2 Å². The molecule has 3 heteroatoms. The predicted octanol–water partition coefficient (Wildman–Crippen LogP) is 4.76. The van der Waals surface area contributed by atoms with Gasteiger partial charge in [0.15, 0.2) is 0 Å². The van der Waals surface area contributed by atoms with E-state index in [-0.39, 0.29) is 0 Å². The summed E-state index contributed by atoms with van der Waals surface area (Å²) in [6.07, 6.45) is 12.3. The fraction of sp³-hybridized carbons (Fsp3) is 0.529. The third-order valence-electron chi connectivity index (χ3n) is 3.61. The number of unbranched alkanes of at least 4 members (excludes halogenated alkanes) is 6. The normalized spacial score (nSPS) is 10.8. The van der Waals surface area contributed by atoms with Crippen LogP contribution in [0.5, 0.6) is 0 Å². The summed E-state index contributed by atoms with van der Waals surface area (Å²) in [5.41, 5.74) is 3.11. The van der Waals surface area contributed by atoms with Crippen LogP contribution in [0, 0.1) is 0 Å². The van der Waals surface area contributed by atoms with Crippen molar-refractivity contribution in [2.75, 3.05) is 0 Å². The van der Waals surface area contributed by atoms with E-state index in [9.17, 15) is 0 Å². The Labute approximate surface area is 121 Å². The Morgan fingerprint density at radius 1 is 0.950 bits per heavy atom. The summed E-state index contributed by atoms with van der Waals surface area (Å²) in [5.74, 6) is 0. The molecule has 3 nitrogen and oxygen atoms in total. The summed E-state index contributed by atoms with van der Waals surface area (Å²) >= 11 is 0. The highest BCUT2D eigenvalue weighted by Crippen LogP contribution is 2.16. The molecule has 2 heterocycles. The van der Waals surface area contributed by atoms with Crippen molar-refractivity contribution >= 4 is 0 Å². The number of nitrogens with zero attached hydrogens (tertiary/aromatic N) is 2. The molecule has 1 N–H and O–H groups in total. The van der Waals surface area contributed by atoms with E-state index in [1.165, 1.54) is 50.6 Å². The van der Waals surface area contributed by atoms with Gasteiger partial charge in [-0.25, -0.2) is 0 Å². The van der Waals surface area contributed by atoms with Gasteiger partial charge < -0.3 is 0 Å². The van der Waals surface area contributed by atoms with Gasteiger partial charge in [0.05, 0.1) is 5.69 Å². The fourth-order valence-electron chi connectivity index (χ4n) is 2.41. The van der Waals surface area contributed by atoms with Crippen LogP contribution in [0.2, 0.25) is 0 Å². The highest BCUT2D eigenvalue weighted by Gasteiger charge is 2.04. The molecule has 20 heavy (non-hydrogen) atoms. The molecule has 0 aliphatic rings. The standard InChI is InChI=1S/C17H25N3/c1-2-3-4-5-6-7-8-11-15-14-17(20-19-15)16-12-9-10-13-18-16/h9-10,12-14H,2-8,11H2,1H3,(H,19,20). The smallest absolute Gasteiger partial charge is 0.111 e. The monoisotopic (exact) mass is 271 g/mol. The van der Waals surface area contributed by atoms with Crippen LogP contribution in [-0.2, 0) is 6.42 Å². The van der Waals surface area contributed by atoms with Gasteiger partial charge in [-0.05, 0) is 31.0 Å². The van der Waals surface area contributed by atoms with E-state index in [1.54, 1.807) is 6.20 Å². The lowest BCUT2D eigenvalue weighted by Crippen LogP contribution is -1.86. The third kappa shape index (κ3) is 4.80. The maximum Gasteiger partial charge on any atom is 0.111 e. The van der Waals surface area contributed by atoms with Crippen LogP contribution >= 0.6 is 0 Å². The van der Waals surface area contributed by atoms with Crippen LogP contribution in [0.3, 0.4) is 0 Å². The minimum atomic E-state index is 0.939. The third-order valence-corrected chi connectivity index (χ3v) is 3.61. The Hall–Kier alpha value is -1.64. The highest BCUT2D eigenvalue weighted by molar-refractivity contribution is 5.53. The minimum absolute atomic E-state index is 0.939. The van der Waals surface area contributed by atoms with E-state index in [2.05, 4.69) is 28.2 Å². The SMILES string of the molecule is CCCCCCCCCc1cc(-c2ccccn2)n[nH]1. The van der Waals surface area contributed by atoms with E-state index in [4.69, 9.17) is 0 Å². The lowest BCUT2D eigenvalue weighted by atomic mass is 10.1. The van der Waals surface area contributed by atoms with E-state index < -0.39 is 0 Å². The molecule has 2 rings (SSSR count). The van der Waals surface area contributed by atoms with Crippen molar-refractivity contribution in [2.45, 2.75) is 58.3 Å². The Balaban J connectivity index is 1.69. The van der Waals surface area contributed by atoms with Crippen LogP contribution in [0.4, 0.5) is 0 Å². The summed E-state index contributed by atoms with van der Waals surface area (Å²) < 4.78 is 0. The number of rotatable bonds is 9. The van der Waals surface area contributed by atoms with Gasteiger partial charge in [0, 0.05) is 11.9 Å². The van der Waals surface area contributed by atoms with Crippen molar-refractivity contribution in [3.63, 3.8) is 0 Å². The van der Waals surface area contributed by atoms with Crippen molar-refractivity contribution in [3.05, 3.63) is 36.2 Å². The summed E-state index contributed by atoms with van der Waals surface area (Å²) in [6, 6.07) is 8.04. The van der Waals surface area contributed by atoms with Gasteiger partial charge in [-0.1, -0.05) is 51.5 Å². The van der Waals surface area contributed by atoms with Crippen LogP contribution in [0.15, 0.2) is 30.5 Å². The number of hydrogen-bond donors (Lipinski definition) is 1. The lowest BCUT2D eigenvalue weighted by Gasteiger charge is -1.99. The predicted molar refractivity (Wildman–Crippen MR) is 83.5 cm³/mol. The zero-order valence-corrected chi connectivity index (χ0v) is 12.4. The van der Waals surface area contributed by atoms with Crippen molar-refractivity contribution in [1.29, 1.82) is 0 Å². The van der Waals surface area contributed by atoms with Gasteiger partial charge in [-0.3, -0.25) is 10.1 Å². The molecule has 0 atom stereocenters. The average Bonchev–Trinajstić information content (AvgIpc) is 2.96. The second-order valence-corrected chi connectivity index (χ2v) is 5.36. The number of aromatic amines is 1. The maximum atomic E-state index is 4.34. The van der Waals surface area contributed by atoms with Gasteiger partial charge >= 0.3 is 0 Å². The Morgan fingerprint density at radius 2 is 1.75 bits per heavy atom. The van der Waals surface area contributed by atoms with Gasteiger partial charge in [-0.15, -0.1) is 0 Å². The molecule has 2 aromatic rings. The molecule has 0 aromatic carbocycles.